The largest absolute Gasteiger partial charge is 0.390 e. The van der Waals surface area contributed by atoms with Crippen molar-refractivity contribution in [3.63, 3.8) is 0 Å². The fourth-order valence-electron chi connectivity index (χ4n) is 3.48. The third kappa shape index (κ3) is 4.34. The van der Waals surface area contributed by atoms with Crippen LogP contribution in [0.25, 0.3) is 0 Å². The summed E-state index contributed by atoms with van der Waals surface area (Å²) < 4.78 is 36.9. The molecule has 0 N–H and O–H groups in total. The van der Waals surface area contributed by atoms with Crippen molar-refractivity contribution in [2.45, 2.75) is 45.7 Å². The molecule has 0 aromatic carbocycles. The molecule has 3 nitrogen and oxygen atoms in total. The zero-order chi connectivity index (χ0) is 15.7. The van der Waals surface area contributed by atoms with Gasteiger partial charge in [0.2, 0.25) is 5.91 Å². The molecule has 0 unspecified atom stereocenters. The van der Waals surface area contributed by atoms with Gasteiger partial charge in [-0.2, -0.15) is 13.2 Å². The summed E-state index contributed by atoms with van der Waals surface area (Å²) in [6, 6.07) is 0. The lowest BCUT2D eigenvalue weighted by molar-refractivity contribution is -0.139. The summed E-state index contributed by atoms with van der Waals surface area (Å²) in [6.45, 7) is 6.94. The van der Waals surface area contributed by atoms with Gasteiger partial charge in [-0.05, 0) is 31.2 Å². The fourth-order valence-corrected chi connectivity index (χ4v) is 3.48. The minimum absolute atomic E-state index is 0.0194. The highest BCUT2D eigenvalue weighted by atomic mass is 19.4. The number of amides is 1. The topological polar surface area (TPSA) is 23.6 Å². The highest BCUT2D eigenvalue weighted by Crippen LogP contribution is 2.40. The number of hydrogen-bond donors (Lipinski definition) is 0. The molecule has 0 bridgehead atoms. The Bertz CT molecular complexity index is 374. The average molecular weight is 306 g/mol. The van der Waals surface area contributed by atoms with Crippen LogP contribution in [0, 0.1) is 11.3 Å². The second-order valence-electron chi connectivity index (χ2n) is 6.87. The van der Waals surface area contributed by atoms with Crippen LogP contribution >= 0.6 is 0 Å². The van der Waals surface area contributed by atoms with Crippen molar-refractivity contribution in [1.82, 2.24) is 9.80 Å². The summed E-state index contributed by atoms with van der Waals surface area (Å²) in [5.74, 6) is 0.211. The predicted molar refractivity (Wildman–Crippen MR) is 74.8 cm³/mol. The minimum Gasteiger partial charge on any atom is -0.342 e. The van der Waals surface area contributed by atoms with Crippen molar-refractivity contribution < 1.29 is 18.0 Å². The molecule has 0 saturated carbocycles. The number of hydrogen-bond acceptors (Lipinski definition) is 2. The van der Waals surface area contributed by atoms with E-state index in [0.717, 1.165) is 45.4 Å². The van der Waals surface area contributed by atoms with E-state index in [0.29, 0.717) is 0 Å². The van der Waals surface area contributed by atoms with Crippen LogP contribution in [0.4, 0.5) is 13.2 Å². The van der Waals surface area contributed by atoms with Crippen LogP contribution in [-0.4, -0.2) is 54.6 Å². The maximum Gasteiger partial charge on any atom is 0.390 e. The standard InChI is InChI=1S/C15H25F3N2O/c1-12(2)13(21)20-9-4-14(5-10-20)3-7-19(11-14)8-6-15(16,17)18/h12H,3-11H2,1-2H3. The maximum atomic E-state index is 12.3. The van der Waals surface area contributed by atoms with Gasteiger partial charge < -0.3 is 9.80 Å². The van der Waals surface area contributed by atoms with E-state index in [1.807, 2.05) is 23.6 Å². The molecule has 0 aromatic rings. The molecule has 0 aliphatic carbocycles. The number of likely N-dealkylation sites (tertiary alicyclic amines) is 2. The van der Waals surface area contributed by atoms with Gasteiger partial charge in [0.05, 0.1) is 6.42 Å². The SMILES string of the molecule is CC(C)C(=O)N1CCC2(CCN(CCC(F)(F)F)C2)CC1. The van der Waals surface area contributed by atoms with E-state index in [4.69, 9.17) is 0 Å². The highest BCUT2D eigenvalue weighted by Gasteiger charge is 2.42. The van der Waals surface area contributed by atoms with Crippen LogP contribution in [0.3, 0.4) is 0 Å². The summed E-state index contributed by atoms with van der Waals surface area (Å²) in [5.41, 5.74) is 0.138. The van der Waals surface area contributed by atoms with Crippen LogP contribution < -0.4 is 0 Å². The molecule has 0 radical (unpaired) electrons. The number of alkyl halides is 3. The predicted octanol–water partition coefficient (Wildman–Crippen LogP) is 2.91. The summed E-state index contributed by atoms with van der Waals surface area (Å²) >= 11 is 0. The van der Waals surface area contributed by atoms with E-state index in [1.165, 1.54) is 0 Å². The van der Waals surface area contributed by atoms with Crippen LogP contribution in [0.15, 0.2) is 0 Å². The van der Waals surface area contributed by atoms with E-state index < -0.39 is 12.6 Å². The fraction of sp³-hybridized carbons (Fsp3) is 0.933. The highest BCUT2D eigenvalue weighted by molar-refractivity contribution is 5.78. The van der Waals surface area contributed by atoms with Crippen molar-refractivity contribution in [3.8, 4) is 0 Å². The molecule has 1 spiro atoms. The Kier molecular flexibility index (Phi) is 4.85. The second-order valence-corrected chi connectivity index (χ2v) is 6.87. The smallest absolute Gasteiger partial charge is 0.342 e. The first-order valence-corrected chi connectivity index (χ1v) is 7.79. The molecule has 1 amide bonds. The number of carbonyl (C=O) groups excluding carboxylic acids is 1. The van der Waals surface area contributed by atoms with Gasteiger partial charge in [0.1, 0.15) is 0 Å². The van der Waals surface area contributed by atoms with Gasteiger partial charge in [-0.1, -0.05) is 13.8 Å². The Hall–Kier alpha value is -0.780. The number of rotatable bonds is 3. The molecule has 2 aliphatic heterocycles. The molecule has 2 fully saturated rings. The first-order chi connectivity index (χ1) is 9.71. The molecule has 2 saturated heterocycles. The molecule has 2 aliphatic rings. The van der Waals surface area contributed by atoms with E-state index in [-0.39, 0.29) is 23.8 Å². The first-order valence-electron chi connectivity index (χ1n) is 7.79. The van der Waals surface area contributed by atoms with Gasteiger partial charge in [-0.25, -0.2) is 0 Å². The van der Waals surface area contributed by atoms with Crippen molar-refractivity contribution in [3.05, 3.63) is 0 Å². The Balaban J connectivity index is 1.80. The summed E-state index contributed by atoms with van der Waals surface area (Å²) in [4.78, 5) is 15.8. The molecule has 2 rings (SSSR count). The third-order valence-electron chi connectivity index (χ3n) is 4.86. The van der Waals surface area contributed by atoms with Crippen LogP contribution in [0.2, 0.25) is 0 Å². The molecule has 0 atom stereocenters. The number of carbonyl (C=O) groups is 1. The molecule has 2 heterocycles. The second kappa shape index (κ2) is 6.15. The van der Waals surface area contributed by atoms with Gasteiger partial charge in [0.15, 0.2) is 0 Å². The van der Waals surface area contributed by atoms with Crippen molar-refractivity contribution in [2.24, 2.45) is 11.3 Å². The molecular weight excluding hydrogens is 281 g/mol. The van der Waals surface area contributed by atoms with E-state index >= 15 is 0 Å². The van der Waals surface area contributed by atoms with Crippen LogP contribution in [0.1, 0.15) is 39.5 Å². The van der Waals surface area contributed by atoms with Gasteiger partial charge in [0.25, 0.3) is 0 Å². The van der Waals surface area contributed by atoms with Gasteiger partial charge in [-0.3, -0.25) is 4.79 Å². The molecular formula is C15H25F3N2O. The number of nitrogens with zero attached hydrogens (tertiary/aromatic N) is 2. The zero-order valence-corrected chi connectivity index (χ0v) is 12.9. The lowest BCUT2D eigenvalue weighted by Gasteiger charge is -2.40. The number of piperidine rings is 1. The van der Waals surface area contributed by atoms with Gasteiger partial charge in [-0.15, -0.1) is 0 Å². The van der Waals surface area contributed by atoms with Crippen molar-refractivity contribution in [1.29, 1.82) is 0 Å². The van der Waals surface area contributed by atoms with E-state index in [2.05, 4.69) is 0 Å². The van der Waals surface area contributed by atoms with E-state index in [1.54, 1.807) is 0 Å². The van der Waals surface area contributed by atoms with Gasteiger partial charge in [0, 0.05) is 32.1 Å². The minimum atomic E-state index is -4.07. The van der Waals surface area contributed by atoms with Gasteiger partial charge >= 0.3 is 6.18 Å². The summed E-state index contributed by atoms with van der Waals surface area (Å²) in [6.07, 6.45) is -1.97. The lowest BCUT2D eigenvalue weighted by atomic mass is 9.77. The molecule has 0 aromatic heterocycles. The monoisotopic (exact) mass is 306 g/mol. The Morgan fingerprint density at radius 2 is 1.71 bits per heavy atom. The zero-order valence-electron chi connectivity index (χ0n) is 12.9. The maximum absolute atomic E-state index is 12.3. The summed E-state index contributed by atoms with van der Waals surface area (Å²) in [7, 11) is 0. The number of halogens is 3. The Labute approximate surface area is 124 Å². The lowest BCUT2D eigenvalue weighted by Crippen LogP contribution is -2.45. The molecule has 122 valence electrons. The quantitative estimate of drug-likeness (QED) is 0.800. The Morgan fingerprint density at radius 3 is 2.24 bits per heavy atom. The van der Waals surface area contributed by atoms with E-state index in [9.17, 15) is 18.0 Å². The third-order valence-corrected chi connectivity index (χ3v) is 4.86. The van der Waals surface area contributed by atoms with Crippen molar-refractivity contribution >= 4 is 5.91 Å². The van der Waals surface area contributed by atoms with Crippen molar-refractivity contribution in [2.75, 3.05) is 32.7 Å². The average Bonchev–Trinajstić information content (AvgIpc) is 2.79. The Morgan fingerprint density at radius 1 is 1.14 bits per heavy atom. The molecule has 6 heteroatoms. The summed E-state index contributed by atoms with van der Waals surface area (Å²) in [5, 5.41) is 0. The first kappa shape index (κ1) is 16.6. The molecule has 21 heavy (non-hydrogen) atoms. The van der Waals surface area contributed by atoms with Crippen LogP contribution in [-0.2, 0) is 4.79 Å². The normalized spacial score (nSPS) is 23.2. The van der Waals surface area contributed by atoms with Crippen LogP contribution in [0.5, 0.6) is 0 Å².